The molecule has 0 aliphatic carbocycles. The lowest BCUT2D eigenvalue weighted by molar-refractivity contribution is -0.384. The number of amides is 1. The monoisotopic (exact) mass is 469 g/mol. The van der Waals surface area contributed by atoms with Crippen LogP contribution in [0.4, 0.5) is 11.4 Å². The predicted octanol–water partition coefficient (Wildman–Crippen LogP) is 4.25. The summed E-state index contributed by atoms with van der Waals surface area (Å²) < 4.78 is 13.0. The number of nitrogens with one attached hydrogen (secondary N) is 1. The van der Waals surface area contributed by atoms with Gasteiger partial charge in [-0.25, -0.2) is 0 Å². The van der Waals surface area contributed by atoms with Gasteiger partial charge in [-0.1, -0.05) is 17.8 Å². The van der Waals surface area contributed by atoms with Crippen molar-refractivity contribution >= 4 is 29.0 Å². The van der Waals surface area contributed by atoms with E-state index in [1.165, 1.54) is 36.0 Å². The van der Waals surface area contributed by atoms with Crippen LogP contribution < -0.4 is 14.8 Å². The highest BCUT2D eigenvalue weighted by Crippen LogP contribution is 2.26. The lowest BCUT2D eigenvalue weighted by Gasteiger charge is -2.16. The Morgan fingerprint density at radius 2 is 1.88 bits per heavy atom. The SMILES string of the molecule is C=CCn1c(SCC(=O)Nc2ccc([N+](=O)[O-])cc2)nnc1C(C)Oc1ccc(OC)cc1. The number of benzene rings is 2. The minimum Gasteiger partial charge on any atom is -0.497 e. The summed E-state index contributed by atoms with van der Waals surface area (Å²) in [6.07, 6.45) is 1.32. The molecule has 33 heavy (non-hydrogen) atoms. The molecule has 0 saturated heterocycles. The van der Waals surface area contributed by atoms with E-state index in [-0.39, 0.29) is 17.3 Å². The molecule has 0 aliphatic heterocycles. The van der Waals surface area contributed by atoms with Crippen LogP contribution in [0.15, 0.2) is 66.3 Å². The fraction of sp³-hybridized carbons (Fsp3) is 0.227. The van der Waals surface area contributed by atoms with Gasteiger partial charge < -0.3 is 14.8 Å². The number of ether oxygens (including phenoxy) is 2. The summed E-state index contributed by atoms with van der Waals surface area (Å²) in [6, 6.07) is 12.9. The van der Waals surface area contributed by atoms with E-state index in [0.29, 0.717) is 29.0 Å². The van der Waals surface area contributed by atoms with Gasteiger partial charge in [0.2, 0.25) is 5.91 Å². The van der Waals surface area contributed by atoms with Crippen molar-refractivity contribution < 1.29 is 19.2 Å². The summed E-state index contributed by atoms with van der Waals surface area (Å²) in [5.41, 5.74) is 0.430. The summed E-state index contributed by atoms with van der Waals surface area (Å²) in [4.78, 5) is 22.6. The molecule has 11 heteroatoms. The molecule has 0 saturated carbocycles. The maximum absolute atomic E-state index is 12.3. The number of rotatable bonds is 11. The van der Waals surface area contributed by atoms with E-state index in [4.69, 9.17) is 9.47 Å². The molecular formula is C22H23N5O5S. The van der Waals surface area contributed by atoms with Gasteiger partial charge in [0.1, 0.15) is 11.5 Å². The molecule has 3 aromatic rings. The van der Waals surface area contributed by atoms with Crippen molar-refractivity contribution in [2.75, 3.05) is 18.2 Å². The van der Waals surface area contributed by atoms with Gasteiger partial charge >= 0.3 is 0 Å². The molecule has 0 spiro atoms. The molecule has 0 radical (unpaired) electrons. The third-order valence-electron chi connectivity index (χ3n) is 4.49. The van der Waals surface area contributed by atoms with E-state index in [1.807, 2.05) is 23.6 Å². The molecule has 0 fully saturated rings. The number of nitro groups is 1. The Labute approximate surface area is 194 Å². The quantitative estimate of drug-likeness (QED) is 0.191. The zero-order chi connectivity index (χ0) is 23.8. The number of methoxy groups -OCH3 is 1. The molecule has 1 atom stereocenters. The summed E-state index contributed by atoms with van der Waals surface area (Å²) in [5, 5.41) is 22.5. The van der Waals surface area contributed by atoms with Crippen LogP contribution in [0.1, 0.15) is 18.9 Å². The van der Waals surface area contributed by atoms with Crippen molar-refractivity contribution in [3.8, 4) is 11.5 Å². The van der Waals surface area contributed by atoms with Crippen LogP contribution in [0.2, 0.25) is 0 Å². The standard InChI is InChI=1S/C22H23N5O5S/c1-4-13-26-21(15(2)32-19-11-9-18(31-3)10-12-19)24-25-22(26)33-14-20(28)23-16-5-7-17(8-6-16)27(29)30/h4-12,15H,1,13-14H2,2-3H3,(H,23,28). The fourth-order valence-electron chi connectivity index (χ4n) is 2.91. The Kier molecular flexibility index (Phi) is 8.03. The summed E-state index contributed by atoms with van der Waals surface area (Å²) in [6.45, 7) is 6.10. The zero-order valence-corrected chi connectivity index (χ0v) is 18.9. The van der Waals surface area contributed by atoms with Crippen LogP contribution in [-0.4, -0.2) is 38.5 Å². The Hall–Kier alpha value is -3.86. The number of anilines is 1. The first-order chi connectivity index (χ1) is 15.9. The summed E-state index contributed by atoms with van der Waals surface area (Å²) in [7, 11) is 1.60. The van der Waals surface area contributed by atoms with Crippen molar-refractivity contribution in [3.63, 3.8) is 0 Å². The number of aromatic nitrogens is 3. The molecule has 0 bridgehead atoms. The average molecular weight is 470 g/mol. The maximum atomic E-state index is 12.3. The fourth-order valence-corrected chi connectivity index (χ4v) is 3.67. The van der Waals surface area contributed by atoms with Crippen molar-refractivity contribution in [2.24, 2.45) is 0 Å². The van der Waals surface area contributed by atoms with E-state index < -0.39 is 11.0 Å². The number of hydrogen-bond acceptors (Lipinski definition) is 8. The van der Waals surface area contributed by atoms with Crippen LogP contribution in [-0.2, 0) is 11.3 Å². The first kappa shape index (κ1) is 23.8. The second-order valence-corrected chi connectivity index (χ2v) is 7.76. The van der Waals surface area contributed by atoms with Crippen LogP contribution in [0.5, 0.6) is 11.5 Å². The van der Waals surface area contributed by atoms with Crippen molar-refractivity contribution in [1.29, 1.82) is 0 Å². The van der Waals surface area contributed by atoms with Gasteiger partial charge in [-0.05, 0) is 43.3 Å². The highest BCUT2D eigenvalue weighted by molar-refractivity contribution is 7.99. The van der Waals surface area contributed by atoms with Crippen LogP contribution >= 0.6 is 11.8 Å². The average Bonchev–Trinajstić information content (AvgIpc) is 3.21. The van der Waals surface area contributed by atoms with Crippen molar-refractivity contribution in [1.82, 2.24) is 14.8 Å². The molecular weight excluding hydrogens is 446 g/mol. The van der Waals surface area contributed by atoms with E-state index in [1.54, 1.807) is 25.3 Å². The van der Waals surface area contributed by atoms with Gasteiger partial charge in [-0.2, -0.15) is 0 Å². The van der Waals surface area contributed by atoms with E-state index in [0.717, 1.165) is 5.75 Å². The number of allylic oxidation sites excluding steroid dienone is 1. The molecule has 2 aromatic carbocycles. The lowest BCUT2D eigenvalue weighted by atomic mass is 10.3. The second-order valence-electron chi connectivity index (χ2n) is 6.82. The van der Waals surface area contributed by atoms with E-state index in [9.17, 15) is 14.9 Å². The van der Waals surface area contributed by atoms with Gasteiger partial charge in [0.15, 0.2) is 17.1 Å². The topological polar surface area (TPSA) is 121 Å². The van der Waals surface area contributed by atoms with E-state index in [2.05, 4.69) is 22.1 Å². The number of carbonyl (C=O) groups excluding carboxylic acids is 1. The molecule has 0 aliphatic rings. The number of carbonyl (C=O) groups is 1. The Balaban J connectivity index is 1.63. The molecule has 172 valence electrons. The third kappa shape index (κ3) is 6.32. The number of nitro benzene ring substituents is 1. The Morgan fingerprint density at radius 3 is 2.48 bits per heavy atom. The largest absolute Gasteiger partial charge is 0.497 e. The summed E-state index contributed by atoms with van der Waals surface area (Å²) in [5.74, 6) is 1.80. The van der Waals surface area contributed by atoms with E-state index >= 15 is 0 Å². The third-order valence-corrected chi connectivity index (χ3v) is 5.45. The number of nitrogens with zero attached hydrogens (tertiary/aromatic N) is 4. The maximum Gasteiger partial charge on any atom is 0.269 e. The van der Waals surface area contributed by atoms with Crippen molar-refractivity contribution in [2.45, 2.75) is 24.7 Å². The Bertz CT molecular complexity index is 1120. The smallest absolute Gasteiger partial charge is 0.269 e. The van der Waals surface area contributed by atoms with Gasteiger partial charge in [-0.15, -0.1) is 16.8 Å². The Morgan fingerprint density at radius 1 is 1.21 bits per heavy atom. The number of non-ortho nitro benzene ring substituents is 1. The highest BCUT2D eigenvalue weighted by atomic mass is 32.2. The summed E-state index contributed by atoms with van der Waals surface area (Å²) >= 11 is 1.22. The van der Waals surface area contributed by atoms with Crippen LogP contribution in [0, 0.1) is 10.1 Å². The molecule has 1 amide bonds. The molecule has 1 N–H and O–H groups in total. The number of thioether (sulfide) groups is 1. The van der Waals surface area contributed by atoms with Gasteiger partial charge in [-0.3, -0.25) is 19.5 Å². The van der Waals surface area contributed by atoms with Gasteiger partial charge in [0.05, 0.1) is 17.8 Å². The predicted molar refractivity (Wildman–Crippen MR) is 125 cm³/mol. The molecule has 1 heterocycles. The molecule has 1 unspecified atom stereocenters. The zero-order valence-electron chi connectivity index (χ0n) is 18.1. The van der Waals surface area contributed by atoms with Crippen molar-refractivity contribution in [3.05, 3.63) is 77.1 Å². The minimum absolute atomic E-state index is 0.0431. The van der Waals surface area contributed by atoms with Gasteiger partial charge in [0.25, 0.3) is 5.69 Å². The lowest BCUT2D eigenvalue weighted by Crippen LogP contribution is -2.15. The first-order valence-electron chi connectivity index (χ1n) is 9.93. The first-order valence-corrected chi connectivity index (χ1v) is 10.9. The van der Waals surface area contributed by atoms with Crippen LogP contribution in [0.25, 0.3) is 0 Å². The van der Waals surface area contributed by atoms with Crippen LogP contribution in [0.3, 0.4) is 0 Å². The molecule has 1 aromatic heterocycles. The second kappa shape index (κ2) is 11.1. The van der Waals surface area contributed by atoms with Gasteiger partial charge in [0, 0.05) is 24.4 Å². The minimum atomic E-state index is -0.495. The number of hydrogen-bond donors (Lipinski definition) is 1. The highest BCUT2D eigenvalue weighted by Gasteiger charge is 2.20. The normalized spacial score (nSPS) is 11.5. The molecule has 3 rings (SSSR count). The molecule has 10 nitrogen and oxygen atoms in total.